The van der Waals surface area contributed by atoms with Crippen LogP contribution in [0.25, 0.3) is 6.08 Å². The summed E-state index contributed by atoms with van der Waals surface area (Å²) in [4.78, 5) is 19.2. The van der Waals surface area contributed by atoms with Gasteiger partial charge in [0.15, 0.2) is 0 Å². The molecule has 7 heteroatoms. The summed E-state index contributed by atoms with van der Waals surface area (Å²) < 4.78 is 19.1. The summed E-state index contributed by atoms with van der Waals surface area (Å²) in [5.41, 5.74) is 8.24. The molecule has 0 saturated carbocycles. The normalized spacial score (nSPS) is 11.8. The smallest absolute Gasteiger partial charge is 0.436 e. The summed E-state index contributed by atoms with van der Waals surface area (Å²) in [7, 11) is 0. The van der Waals surface area contributed by atoms with Crippen LogP contribution >= 0.6 is 11.6 Å². The van der Waals surface area contributed by atoms with E-state index in [2.05, 4.69) is 23.0 Å². The molecule has 32 heavy (non-hydrogen) atoms. The van der Waals surface area contributed by atoms with Gasteiger partial charge in [-0.05, 0) is 76.8 Å². The first kappa shape index (κ1) is 27.3. The third-order valence-electron chi connectivity index (χ3n) is 4.23. The Morgan fingerprint density at radius 1 is 1.34 bits per heavy atom. The minimum atomic E-state index is -0.823. The van der Waals surface area contributed by atoms with E-state index in [1.54, 1.807) is 20.8 Å². The second-order valence-corrected chi connectivity index (χ2v) is 8.64. The van der Waals surface area contributed by atoms with Crippen molar-refractivity contribution < 1.29 is 13.9 Å². The molecule has 0 spiro atoms. The van der Waals surface area contributed by atoms with Gasteiger partial charge in [-0.15, -0.1) is 0 Å². The molecule has 0 unspecified atom stereocenters. The van der Waals surface area contributed by atoms with Crippen LogP contribution in [-0.2, 0) is 11.2 Å². The van der Waals surface area contributed by atoms with Crippen LogP contribution in [0.4, 0.5) is 9.18 Å². The SMILES string of the molecule is C/C=C\c1ccncc1C.CCCCc1c(F)cc(/C(N)=N/C(=O)OC(C)(C)C)cc1Cl. The Morgan fingerprint density at radius 3 is 2.56 bits per heavy atom. The summed E-state index contributed by atoms with van der Waals surface area (Å²) in [6.07, 6.45) is 9.32. The van der Waals surface area contributed by atoms with Gasteiger partial charge in [-0.1, -0.05) is 37.1 Å². The molecule has 2 rings (SSSR count). The van der Waals surface area contributed by atoms with Crippen molar-refractivity contribution in [2.45, 2.75) is 66.4 Å². The van der Waals surface area contributed by atoms with Crippen LogP contribution in [-0.4, -0.2) is 22.5 Å². The van der Waals surface area contributed by atoms with Crippen molar-refractivity contribution >= 4 is 29.6 Å². The number of nitrogens with zero attached hydrogens (tertiary/aromatic N) is 2. The topological polar surface area (TPSA) is 77.6 Å². The zero-order valence-corrected chi connectivity index (χ0v) is 20.5. The number of hydrogen-bond acceptors (Lipinski definition) is 3. The molecule has 0 bridgehead atoms. The molecule has 2 N–H and O–H groups in total. The van der Waals surface area contributed by atoms with E-state index in [0.29, 0.717) is 12.0 Å². The number of unbranched alkanes of at least 4 members (excludes halogenated alkanes) is 1. The van der Waals surface area contributed by atoms with E-state index >= 15 is 0 Å². The number of ether oxygens (including phenoxy) is 1. The highest BCUT2D eigenvalue weighted by molar-refractivity contribution is 6.31. The summed E-state index contributed by atoms with van der Waals surface area (Å²) in [5.74, 6) is -0.574. The quantitative estimate of drug-likeness (QED) is 0.388. The van der Waals surface area contributed by atoms with E-state index in [1.165, 1.54) is 23.3 Å². The van der Waals surface area contributed by atoms with Gasteiger partial charge in [-0.3, -0.25) is 4.98 Å². The van der Waals surface area contributed by atoms with Crippen molar-refractivity contribution in [3.63, 3.8) is 0 Å². The van der Waals surface area contributed by atoms with Crippen LogP contribution in [0.3, 0.4) is 0 Å². The van der Waals surface area contributed by atoms with Gasteiger partial charge in [0, 0.05) is 28.5 Å². The number of carbonyl (C=O) groups is 1. The van der Waals surface area contributed by atoms with E-state index < -0.39 is 17.5 Å². The molecule has 1 amide bonds. The molecule has 1 aromatic heterocycles. The van der Waals surface area contributed by atoms with E-state index in [-0.39, 0.29) is 16.4 Å². The molecule has 0 fully saturated rings. The number of benzene rings is 1. The van der Waals surface area contributed by atoms with Crippen LogP contribution in [0.1, 0.15) is 69.7 Å². The van der Waals surface area contributed by atoms with E-state index in [9.17, 15) is 9.18 Å². The third-order valence-corrected chi connectivity index (χ3v) is 4.57. The summed E-state index contributed by atoms with van der Waals surface area (Å²) >= 11 is 6.09. The zero-order valence-electron chi connectivity index (χ0n) is 19.7. The molecule has 0 radical (unpaired) electrons. The fourth-order valence-electron chi connectivity index (χ4n) is 2.64. The molecule has 0 aliphatic rings. The van der Waals surface area contributed by atoms with Gasteiger partial charge in [0.2, 0.25) is 0 Å². The number of carbonyl (C=O) groups excluding carboxylic acids is 1. The number of hydrogen-bond donors (Lipinski definition) is 1. The van der Waals surface area contributed by atoms with Gasteiger partial charge in [0.25, 0.3) is 0 Å². The molecule has 1 aromatic carbocycles. The number of rotatable bonds is 5. The Balaban J connectivity index is 0.000000425. The lowest BCUT2D eigenvalue weighted by atomic mass is 10.0. The number of aliphatic imine (C=N–C) groups is 1. The molecule has 2 aromatic rings. The number of pyridine rings is 1. The lowest BCUT2D eigenvalue weighted by Gasteiger charge is -2.17. The highest BCUT2D eigenvalue weighted by Gasteiger charge is 2.17. The van der Waals surface area contributed by atoms with Crippen molar-refractivity contribution in [1.82, 2.24) is 4.98 Å². The van der Waals surface area contributed by atoms with Gasteiger partial charge in [0.05, 0.1) is 0 Å². The molecule has 174 valence electrons. The second kappa shape index (κ2) is 13.0. The van der Waals surface area contributed by atoms with Crippen molar-refractivity contribution in [3.05, 3.63) is 69.8 Å². The number of aromatic nitrogens is 1. The summed E-state index contributed by atoms with van der Waals surface area (Å²) in [5, 5.41) is 0.283. The van der Waals surface area contributed by atoms with Gasteiger partial charge in [-0.25, -0.2) is 9.18 Å². The van der Waals surface area contributed by atoms with Crippen LogP contribution < -0.4 is 5.73 Å². The number of amidine groups is 1. The molecule has 0 aliphatic carbocycles. The molecule has 5 nitrogen and oxygen atoms in total. The van der Waals surface area contributed by atoms with Crippen molar-refractivity contribution in [2.75, 3.05) is 0 Å². The predicted octanol–water partition coefficient (Wildman–Crippen LogP) is 6.89. The molecule has 0 saturated heterocycles. The number of amides is 1. The first-order chi connectivity index (χ1) is 15.0. The third kappa shape index (κ3) is 9.60. The van der Waals surface area contributed by atoms with Gasteiger partial charge in [0.1, 0.15) is 17.3 Å². The first-order valence-corrected chi connectivity index (χ1v) is 10.9. The van der Waals surface area contributed by atoms with Crippen molar-refractivity contribution in [1.29, 1.82) is 0 Å². The average Bonchev–Trinajstić information content (AvgIpc) is 2.68. The predicted molar refractivity (Wildman–Crippen MR) is 131 cm³/mol. The van der Waals surface area contributed by atoms with Crippen LogP contribution in [0, 0.1) is 12.7 Å². The molecule has 0 atom stereocenters. The first-order valence-electron chi connectivity index (χ1n) is 10.6. The standard InChI is InChI=1S/C16H22ClFN2O2.C9H11N/c1-5-6-7-11-12(17)8-10(9-13(11)18)14(19)20-15(21)22-16(2,3)4;1-3-4-9-5-6-10-7-8(9)2/h8-9H,5-7H2,1-4H3,(H2,19,20,21);3-7H,1-2H3/b;4-3-. The van der Waals surface area contributed by atoms with Crippen LogP contribution in [0.5, 0.6) is 0 Å². The highest BCUT2D eigenvalue weighted by Crippen LogP contribution is 2.23. The lowest BCUT2D eigenvalue weighted by molar-refractivity contribution is 0.0604. The maximum atomic E-state index is 14.1. The Hall–Kier alpha value is -2.73. The molecule has 0 aliphatic heterocycles. The Bertz CT molecular complexity index is 943. The molecular formula is C25H33ClFN3O2. The van der Waals surface area contributed by atoms with E-state index in [4.69, 9.17) is 22.1 Å². The number of halogens is 2. The minimum Gasteiger partial charge on any atom is -0.442 e. The second-order valence-electron chi connectivity index (χ2n) is 8.23. The maximum absolute atomic E-state index is 14.1. The summed E-state index contributed by atoms with van der Waals surface area (Å²) in [6.45, 7) is 11.2. The molecule has 1 heterocycles. The monoisotopic (exact) mass is 461 g/mol. The van der Waals surface area contributed by atoms with E-state index in [1.807, 2.05) is 38.4 Å². The fraction of sp³-hybridized carbons (Fsp3) is 0.400. The van der Waals surface area contributed by atoms with Crippen molar-refractivity contribution in [3.8, 4) is 0 Å². The fourth-order valence-corrected chi connectivity index (χ4v) is 2.94. The number of aryl methyl sites for hydroxylation is 1. The highest BCUT2D eigenvalue weighted by atomic mass is 35.5. The number of nitrogens with two attached hydrogens (primary N) is 1. The summed E-state index contributed by atoms with van der Waals surface area (Å²) in [6, 6.07) is 4.76. The molecular weight excluding hydrogens is 429 g/mol. The van der Waals surface area contributed by atoms with E-state index in [0.717, 1.165) is 12.8 Å². The Labute approximate surface area is 195 Å². The lowest BCUT2D eigenvalue weighted by Crippen LogP contribution is -2.24. The zero-order chi connectivity index (χ0) is 24.3. The minimum absolute atomic E-state index is 0.128. The maximum Gasteiger partial charge on any atom is 0.436 e. The Morgan fingerprint density at radius 2 is 2.03 bits per heavy atom. The van der Waals surface area contributed by atoms with Gasteiger partial charge >= 0.3 is 6.09 Å². The Kier molecular flexibility index (Phi) is 11.1. The van der Waals surface area contributed by atoms with Crippen LogP contribution in [0.15, 0.2) is 41.7 Å². The largest absolute Gasteiger partial charge is 0.442 e. The van der Waals surface area contributed by atoms with Crippen molar-refractivity contribution in [2.24, 2.45) is 10.7 Å². The van der Waals surface area contributed by atoms with Gasteiger partial charge < -0.3 is 10.5 Å². The number of allylic oxidation sites excluding steroid dienone is 1. The average molecular weight is 462 g/mol. The van der Waals surface area contributed by atoms with Crippen LogP contribution in [0.2, 0.25) is 5.02 Å². The van der Waals surface area contributed by atoms with Gasteiger partial charge in [-0.2, -0.15) is 4.99 Å².